The lowest BCUT2D eigenvalue weighted by atomic mass is 9.98. The van der Waals surface area contributed by atoms with Crippen LogP contribution in [0, 0.1) is 25.2 Å². The van der Waals surface area contributed by atoms with Crippen LogP contribution in [0.1, 0.15) is 36.0 Å². The predicted molar refractivity (Wildman–Crippen MR) is 105 cm³/mol. The van der Waals surface area contributed by atoms with Gasteiger partial charge in [0.15, 0.2) is 11.5 Å². The summed E-state index contributed by atoms with van der Waals surface area (Å²) >= 11 is 0. The highest BCUT2D eigenvalue weighted by Crippen LogP contribution is 2.33. The van der Waals surface area contributed by atoms with Crippen molar-refractivity contribution in [1.29, 1.82) is 0 Å². The van der Waals surface area contributed by atoms with E-state index < -0.39 is 8.40 Å². The Bertz CT molecular complexity index is 825. The maximum Gasteiger partial charge on any atom is 0.163 e. The minimum Gasteiger partial charge on any atom is -0.487 e. The molecule has 0 unspecified atom stereocenters. The van der Waals surface area contributed by atoms with Gasteiger partial charge >= 0.3 is 0 Å². The summed E-state index contributed by atoms with van der Waals surface area (Å²) in [5.74, 6) is 1.92. The Hall–Kier alpha value is -1.79. The molecule has 27 heavy (non-hydrogen) atoms. The summed E-state index contributed by atoms with van der Waals surface area (Å²) < 4.78 is 25.9. The number of fused-ring (bicyclic) bond motifs is 1. The molecule has 1 fully saturated rings. The number of aryl methyl sites for hydroxylation is 2. The fourth-order valence-electron chi connectivity index (χ4n) is 4.35. The fourth-order valence-corrected chi connectivity index (χ4v) is 6.56. The monoisotopic (exact) mass is 386 g/mol. The van der Waals surface area contributed by atoms with Crippen molar-refractivity contribution in [3.63, 3.8) is 0 Å². The molecule has 0 N–H and O–H groups in total. The molecular weight excluding hydrogens is 359 g/mol. The number of rotatable bonds is 4. The minimum atomic E-state index is -1.44. The summed E-state index contributed by atoms with van der Waals surface area (Å²) in [5.41, 5.74) is 5.72. The standard InChI is InChI=1S/C21H27FN2O2Si/c1-14-8-18(9-15(2)23-14)10-17-4-5-24(12-17)16(3)27-13-20-19(11-21(27)22)25-6-7-26-20/h8-9,11,13,16-17H,4-7,10,12H2,1-3H3/t16-,17-/m1/s1. The molecule has 144 valence electrons. The van der Waals surface area contributed by atoms with E-state index in [4.69, 9.17) is 9.47 Å². The fraction of sp³-hybridized carbons (Fsp3) is 0.524. The second kappa shape index (κ2) is 7.68. The molecule has 2 aliphatic rings. The van der Waals surface area contributed by atoms with E-state index in [0.29, 0.717) is 24.9 Å². The van der Waals surface area contributed by atoms with Crippen LogP contribution in [-0.2, 0) is 6.42 Å². The molecule has 4 heterocycles. The van der Waals surface area contributed by atoms with Gasteiger partial charge in [-0.05, 0) is 69.4 Å². The zero-order valence-corrected chi connectivity index (χ0v) is 17.3. The van der Waals surface area contributed by atoms with Crippen LogP contribution in [0.15, 0.2) is 23.9 Å². The summed E-state index contributed by atoms with van der Waals surface area (Å²) in [6, 6.07) is 5.93. The van der Waals surface area contributed by atoms with E-state index in [9.17, 15) is 4.39 Å². The number of pyridine rings is 1. The van der Waals surface area contributed by atoms with Crippen molar-refractivity contribution < 1.29 is 13.9 Å². The van der Waals surface area contributed by atoms with Gasteiger partial charge in [0.25, 0.3) is 0 Å². The number of aromatic nitrogens is 1. The van der Waals surface area contributed by atoms with Crippen LogP contribution < -0.4 is 9.47 Å². The lowest BCUT2D eigenvalue weighted by Crippen LogP contribution is -2.31. The molecule has 0 saturated carbocycles. The van der Waals surface area contributed by atoms with E-state index in [1.165, 1.54) is 12.0 Å². The largest absolute Gasteiger partial charge is 0.487 e. The molecule has 6 heteroatoms. The van der Waals surface area contributed by atoms with Gasteiger partial charge in [-0.2, -0.15) is 0 Å². The van der Waals surface area contributed by atoms with Gasteiger partial charge in [0.2, 0.25) is 0 Å². The van der Waals surface area contributed by atoms with Crippen LogP contribution >= 0.6 is 0 Å². The lowest BCUT2D eigenvalue weighted by molar-refractivity contribution is 0.171. The van der Waals surface area contributed by atoms with E-state index in [0.717, 1.165) is 36.6 Å². The summed E-state index contributed by atoms with van der Waals surface area (Å²) in [5, 5.41) is 0. The van der Waals surface area contributed by atoms with Gasteiger partial charge in [-0.25, -0.2) is 4.39 Å². The summed E-state index contributed by atoms with van der Waals surface area (Å²) in [4.78, 5) is 6.93. The Morgan fingerprint density at radius 2 is 1.89 bits per heavy atom. The molecule has 2 aromatic rings. The molecule has 1 saturated heterocycles. The topological polar surface area (TPSA) is 34.6 Å². The Morgan fingerprint density at radius 3 is 2.63 bits per heavy atom. The first-order chi connectivity index (χ1) is 13.0. The SMILES string of the molecule is Cc1cc(C[C@H]2CCN([C@@H](C)[si]3cc4c(cc3F)OCCO4)C2)cc(C)n1. The second-order valence-corrected chi connectivity index (χ2v) is 10.3. The van der Waals surface area contributed by atoms with Crippen LogP contribution in [0.4, 0.5) is 4.39 Å². The van der Waals surface area contributed by atoms with E-state index >= 15 is 0 Å². The third-order valence-electron chi connectivity index (χ3n) is 5.64. The summed E-state index contributed by atoms with van der Waals surface area (Å²) in [6.07, 6.45) is 2.24. The van der Waals surface area contributed by atoms with Crippen LogP contribution in [0.5, 0.6) is 11.5 Å². The number of halogens is 1. The zero-order valence-electron chi connectivity index (χ0n) is 16.3. The highest BCUT2D eigenvalue weighted by molar-refractivity contribution is 6.52. The number of ether oxygens (including phenoxy) is 2. The predicted octanol–water partition coefficient (Wildman–Crippen LogP) is 3.72. The first kappa shape index (κ1) is 18.6. The van der Waals surface area contributed by atoms with Crippen molar-refractivity contribution in [3.8, 4) is 11.5 Å². The van der Waals surface area contributed by atoms with Gasteiger partial charge in [0, 0.05) is 29.7 Å². The smallest absolute Gasteiger partial charge is 0.163 e. The normalized spacial score (nSPS) is 20.7. The third-order valence-corrected chi connectivity index (χ3v) is 8.18. The van der Waals surface area contributed by atoms with E-state index in [1.54, 1.807) is 6.07 Å². The molecule has 0 amide bonds. The maximum absolute atomic E-state index is 14.7. The molecule has 2 aliphatic heterocycles. The average Bonchev–Trinajstić information content (AvgIpc) is 3.08. The van der Waals surface area contributed by atoms with Gasteiger partial charge in [-0.3, -0.25) is 9.88 Å². The highest BCUT2D eigenvalue weighted by atomic mass is 28.2. The number of hydrogen-bond acceptors (Lipinski definition) is 4. The van der Waals surface area contributed by atoms with Crippen LogP contribution in [-0.4, -0.2) is 44.6 Å². The summed E-state index contributed by atoms with van der Waals surface area (Å²) in [6.45, 7) is 9.38. The second-order valence-electron chi connectivity index (χ2n) is 7.81. The average molecular weight is 387 g/mol. The molecule has 0 bridgehead atoms. The quantitative estimate of drug-likeness (QED) is 0.750. The number of likely N-dealkylation sites (tertiary alicyclic amines) is 1. The Morgan fingerprint density at radius 1 is 1.19 bits per heavy atom. The first-order valence-corrected chi connectivity index (χ1v) is 11.4. The van der Waals surface area contributed by atoms with Gasteiger partial charge in [0.05, 0.1) is 0 Å². The van der Waals surface area contributed by atoms with Crippen molar-refractivity contribution >= 4 is 8.40 Å². The van der Waals surface area contributed by atoms with Crippen molar-refractivity contribution in [2.75, 3.05) is 26.3 Å². The van der Waals surface area contributed by atoms with Crippen LogP contribution in [0.2, 0.25) is 0 Å². The molecule has 2 atom stereocenters. The molecule has 4 rings (SSSR count). The third kappa shape index (κ3) is 4.06. The summed E-state index contributed by atoms with van der Waals surface area (Å²) in [7, 11) is -1.44. The van der Waals surface area contributed by atoms with Crippen molar-refractivity contribution in [3.05, 3.63) is 46.3 Å². The lowest BCUT2D eigenvalue weighted by Gasteiger charge is -2.26. The molecule has 4 nitrogen and oxygen atoms in total. The molecule has 0 spiro atoms. The minimum absolute atomic E-state index is 0.0272. The molecule has 0 aliphatic carbocycles. The molecule has 0 radical (unpaired) electrons. The van der Waals surface area contributed by atoms with Gasteiger partial charge in [0.1, 0.15) is 27.0 Å². The van der Waals surface area contributed by atoms with Crippen LogP contribution in [0.3, 0.4) is 0 Å². The van der Waals surface area contributed by atoms with E-state index in [2.05, 4.69) is 42.8 Å². The first-order valence-electron chi connectivity index (χ1n) is 9.77. The van der Waals surface area contributed by atoms with Gasteiger partial charge in [-0.1, -0.05) is 0 Å². The Balaban J connectivity index is 1.45. The molecular formula is C21H27FN2O2Si. The van der Waals surface area contributed by atoms with Gasteiger partial charge in [-0.15, -0.1) is 0 Å². The number of hydrogen-bond donors (Lipinski definition) is 0. The van der Waals surface area contributed by atoms with Crippen molar-refractivity contribution in [2.24, 2.45) is 5.92 Å². The Kier molecular flexibility index (Phi) is 5.28. The van der Waals surface area contributed by atoms with Crippen molar-refractivity contribution in [1.82, 2.24) is 9.88 Å². The highest BCUT2D eigenvalue weighted by Gasteiger charge is 2.30. The molecule has 0 aromatic carbocycles. The van der Waals surface area contributed by atoms with Gasteiger partial charge < -0.3 is 9.47 Å². The maximum atomic E-state index is 14.7. The Labute approximate surface area is 161 Å². The van der Waals surface area contributed by atoms with Crippen LogP contribution in [0.25, 0.3) is 0 Å². The van der Waals surface area contributed by atoms with E-state index in [-0.39, 0.29) is 11.1 Å². The molecule has 2 aromatic heterocycles. The number of nitrogens with zero attached hydrogens (tertiary/aromatic N) is 2. The van der Waals surface area contributed by atoms with Crippen molar-refractivity contribution in [2.45, 2.75) is 39.3 Å². The zero-order chi connectivity index (χ0) is 19.0. The van der Waals surface area contributed by atoms with E-state index in [1.807, 2.05) is 5.68 Å².